The zero-order valence-electron chi connectivity index (χ0n) is 10.7. The van der Waals surface area contributed by atoms with Gasteiger partial charge >= 0.3 is 122 Å². The molecular formula is C14H11N3O2Se. The van der Waals surface area contributed by atoms with Crippen LogP contribution in [0.1, 0.15) is 5.56 Å². The van der Waals surface area contributed by atoms with E-state index >= 15 is 0 Å². The van der Waals surface area contributed by atoms with E-state index in [4.69, 9.17) is 5.26 Å². The topological polar surface area (TPSA) is 79.0 Å². The zero-order chi connectivity index (χ0) is 14.5. The molecule has 0 amide bonds. The number of hydrogen-bond donors (Lipinski definition) is 1. The van der Waals surface area contributed by atoms with E-state index in [0.29, 0.717) is 0 Å². The number of rotatable bonds is 4. The van der Waals surface area contributed by atoms with Crippen molar-refractivity contribution in [3.63, 3.8) is 0 Å². The van der Waals surface area contributed by atoms with Crippen LogP contribution in [0, 0.1) is 28.5 Å². The van der Waals surface area contributed by atoms with E-state index in [9.17, 15) is 10.1 Å². The Hall–Kier alpha value is -2.35. The summed E-state index contributed by atoms with van der Waals surface area (Å²) in [5.74, 6) is 0. The summed E-state index contributed by atoms with van der Waals surface area (Å²) in [4.78, 5) is 10.4. The van der Waals surface area contributed by atoms with Gasteiger partial charge in [-0.25, -0.2) is 0 Å². The normalized spacial score (nSPS) is 9.80. The van der Waals surface area contributed by atoms with E-state index in [1.807, 2.05) is 37.4 Å². The molecule has 1 N–H and O–H groups in total. The standard InChI is InChI=1S/C14H11N3O2Se/c1-10-5-6-13(16-9-15)14(7-10)20-12-4-2-3-11(8-12)17(18)19/h2-8,16H,1H3. The molecule has 0 heterocycles. The molecule has 6 heteroatoms. The first-order chi connectivity index (χ1) is 9.60. The van der Waals surface area contributed by atoms with Crippen LogP contribution in [-0.4, -0.2) is 19.9 Å². The van der Waals surface area contributed by atoms with E-state index in [0.717, 1.165) is 20.2 Å². The fraction of sp³-hybridized carbons (Fsp3) is 0.0714. The number of non-ortho nitro benzene ring substituents is 1. The summed E-state index contributed by atoms with van der Waals surface area (Å²) in [6.07, 6.45) is 1.91. The number of nitro groups is 1. The SMILES string of the molecule is Cc1ccc(NC#N)c([Se]c2cccc([N+](=O)[O-])c2)c1. The Balaban J connectivity index is 2.34. The van der Waals surface area contributed by atoms with Crippen LogP contribution in [-0.2, 0) is 0 Å². The van der Waals surface area contributed by atoms with E-state index in [1.54, 1.807) is 12.1 Å². The summed E-state index contributed by atoms with van der Waals surface area (Å²) >= 11 is -0.1000. The van der Waals surface area contributed by atoms with Crippen molar-refractivity contribution in [1.82, 2.24) is 0 Å². The van der Waals surface area contributed by atoms with Gasteiger partial charge in [-0.1, -0.05) is 0 Å². The molecule has 5 nitrogen and oxygen atoms in total. The third-order valence-electron chi connectivity index (χ3n) is 2.58. The quantitative estimate of drug-likeness (QED) is 0.302. The maximum atomic E-state index is 10.8. The summed E-state index contributed by atoms with van der Waals surface area (Å²) in [5.41, 5.74) is 1.94. The Bertz CT molecular complexity index is 695. The van der Waals surface area contributed by atoms with Crippen molar-refractivity contribution in [3.05, 3.63) is 58.1 Å². The molecule has 0 unspecified atom stereocenters. The molecule has 100 valence electrons. The monoisotopic (exact) mass is 333 g/mol. The number of benzene rings is 2. The predicted octanol–water partition coefficient (Wildman–Crippen LogP) is 1.45. The first kappa shape index (κ1) is 14.1. The molecule has 20 heavy (non-hydrogen) atoms. The second kappa shape index (κ2) is 6.20. The fourth-order valence-corrected chi connectivity index (χ4v) is 3.88. The predicted molar refractivity (Wildman–Crippen MR) is 78.5 cm³/mol. The van der Waals surface area contributed by atoms with Gasteiger partial charge in [0.25, 0.3) is 0 Å². The van der Waals surface area contributed by atoms with Crippen LogP contribution in [0.4, 0.5) is 11.4 Å². The van der Waals surface area contributed by atoms with Crippen molar-refractivity contribution in [2.24, 2.45) is 0 Å². The number of nitrogens with zero attached hydrogens (tertiary/aromatic N) is 2. The average molecular weight is 332 g/mol. The zero-order valence-corrected chi connectivity index (χ0v) is 12.4. The molecule has 0 fully saturated rings. The van der Waals surface area contributed by atoms with Crippen LogP contribution >= 0.6 is 0 Å². The number of hydrogen-bond acceptors (Lipinski definition) is 4. The molecule has 0 saturated carbocycles. The maximum absolute atomic E-state index is 10.8. The van der Waals surface area contributed by atoms with Crippen LogP contribution < -0.4 is 14.2 Å². The van der Waals surface area contributed by atoms with E-state index in [2.05, 4.69) is 5.32 Å². The average Bonchev–Trinajstić information content (AvgIpc) is 2.42. The van der Waals surface area contributed by atoms with Gasteiger partial charge in [-0.2, -0.15) is 0 Å². The number of nitriles is 1. The summed E-state index contributed by atoms with van der Waals surface area (Å²) in [6.45, 7) is 1.98. The van der Waals surface area contributed by atoms with Gasteiger partial charge in [-0.15, -0.1) is 0 Å². The van der Waals surface area contributed by atoms with Crippen molar-refractivity contribution in [1.29, 1.82) is 5.26 Å². The molecule has 0 atom stereocenters. The molecule has 0 radical (unpaired) electrons. The van der Waals surface area contributed by atoms with Crippen molar-refractivity contribution in [2.75, 3.05) is 5.32 Å². The van der Waals surface area contributed by atoms with Gasteiger partial charge in [0.1, 0.15) is 0 Å². The Morgan fingerprint density at radius 2 is 2.10 bits per heavy atom. The minimum absolute atomic E-state index is 0.0896. The summed E-state index contributed by atoms with van der Waals surface area (Å²) in [7, 11) is 0. The Morgan fingerprint density at radius 1 is 1.30 bits per heavy atom. The molecule has 0 spiro atoms. The summed E-state index contributed by atoms with van der Waals surface area (Å²) in [6, 6.07) is 12.4. The fourth-order valence-electron chi connectivity index (χ4n) is 1.67. The van der Waals surface area contributed by atoms with Crippen molar-refractivity contribution in [3.8, 4) is 6.19 Å². The minimum atomic E-state index is -0.399. The number of anilines is 1. The van der Waals surface area contributed by atoms with Crippen LogP contribution in [0.3, 0.4) is 0 Å². The van der Waals surface area contributed by atoms with Crippen molar-refractivity contribution >= 4 is 35.3 Å². The molecule has 0 bridgehead atoms. The van der Waals surface area contributed by atoms with Crippen molar-refractivity contribution in [2.45, 2.75) is 6.92 Å². The molecule has 2 aromatic carbocycles. The Kier molecular flexibility index (Phi) is 4.36. The van der Waals surface area contributed by atoms with Gasteiger partial charge in [0.15, 0.2) is 0 Å². The number of aryl methyl sites for hydroxylation is 1. The van der Waals surface area contributed by atoms with E-state index in [-0.39, 0.29) is 20.6 Å². The third kappa shape index (κ3) is 3.35. The van der Waals surface area contributed by atoms with E-state index < -0.39 is 4.92 Å². The van der Waals surface area contributed by atoms with Gasteiger partial charge in [-0.3, -0.25) is 0 Å². The molecular weight excluding hydrogens is 321 g/mol. The van der Waals surface area contributed by atoms with Gasteiger partial charge in [0.05, 0.1) is 0 Å². The molecule has 2 rings (SSSR count). The van der Waals surface area contributed by atoms with Gasteiger partial charge in [0.2, 0.25) is 0 Å². The Morgan fingerprint density at radius 3 is 2.80 bits per heavy atom. The summed E-state index contributed by atoms with van der Waals surface area (Å²) in [5, 5.41) is 22.2. The number of nitrogens with one attached hydrogen (secondary N) is 1. The second-order valence-electron chi connectivity index (χ2n) is 4.09. The molecule has 0 aliphatic rings. The Labute approximate surface area is 122 Å². The first-order valence-electron chi connectivity index (χ1n) is 5.78. The van der Waals surface area contributed by atoms with Crippen LogP contribution in [0.5, 0.6) is 0 Å². The molecule has 2 aromatic rings. The first-order valence-corrected chi connectivity index (χ1v) is 7.49. The molecule has 0 saturated heterocycles. The molecule has 0 aliphatic heterocycles. The number of nitro benzene ring substituents is 1. The summed E-state index contributed by atoms with van der Waals surface area (Å²) < 4.78 is 1.90. The van der Waals surface area contributed by atoms with Gasteiger partial charge in [0, 0.05) is 0 Å². The third-order valence-corrected chi connectivity index (χ3v) is 4.78. The van der Waals surface area contributed by atoms with Gasteiger partial charge < -0.3 is 0 Å². The van der Waals surface area contributed by atoms with Crippen molar-refractivity contribution < 1.29 is 4.92 Å². The van der Waals surface area contributed by atoms with Crippen LogP contribution in [0.2, 0.25) is 0 Å². The van der Waals surface area contributed by atoms with Crippen LogP contribution in [0.25, 0.3) is 0 Å². The van der Waals surface area contributed by atoms with E-state index in [1.165, 1.54) is 6.07 Å². The van der Waals surface area contributed by atoms with Gasteiger partial charge in [-0.05, 0) is 0 Å². The second-order valence-corrected chi connectivity index (χ2v) is 6.43. The van der Waals surface area contributed by atoms with Crippen LogP contribution in [0.15, 0.2) is 42.5 Å². The molecule has 0 aliphatic carbocycles. The molecule has 0 aromatic heterocycles.